The summed E-state index contributed by atoms with van der Waals surface area (Å²) in [5.41, 5.74) is 8.42. The molecule has 0 aliphatic carbocycles. The number of rotatable bonds is 7. The summed E-state index contributed by atoms with van der Waals surface area (Å²) < 4.78 is 26.9. The number of nitrogens with one attached hydrogen (secondary N) is 1. The summed E-state index contributed by atoms with van der Waals surface area (Å²) in [6, 6.07) is 16.9. The van der Waals surface area contributed by atoms with E-state index in [2.05, 4.69) is 45.6 Å². The molecule has 9 amide bonds. The molecule has 11 rings (SSSR count). The van der Waals surface area contributed by atoms with Crippen LogP contribution in [0.4, 0.5) is 51.5 Å². The highest BCUT2D eigenvalue weighted by Crippen LogP contribution is 2.31. The molecule has 0 radical (unpaired) electrons. The molecular weight excluding hydrogens is 1100 g/mol. The first-order valence-corrected chi connectivity index (χ1v) is 30.7. The van der Waals surface area contributed by atoms with Gasteiger partial charge in [0.05, 0.1) is 44.6 Å². The van der Waals surface area contributed by atoms with Crippen molar-refractivity contribution in [2.45, 2.75) is 129 Å². The van der Waals surface area contributed by atoms with E-state index in [-0.39, 0.29) is 60.5 Å². The van der Waals surface area contributed by atoms with Crippen LogP contribution in [0.15, 0.2) is 48.5 Å². The van der Waals surface area contributed by atoms with Gasteiger partial charge in [0, 0.05) is 147 Å². The molecule has 9 aliphatic heterocycles. The number of carbonyl (C=O) groups is 6. The van der Waals surface area contributed by atoms with Gasteiger partial charge in [0.2, 0.25) is 0 Å². The Morgan fingerprint density at radius 2 is 0.907 bits per heavy atom. The van der Waals surface area contributed by atoms with Gasteiger partial charge in [-0.2, -0.15) is 5.26 Å². The number of nitrogens with two attached hydrogens (primary N) is 1. The van der Waals surface area contributed by atoms with Crippen LogP contribution in [0.2, 0.25) is 0 Å². The fourth-order valence-electron chi connectivity index (χ4n) is 11.8. The Kier molecular flexibility index (Phi) is 21.5. The van der Waals surface area contributed by atoms with Crippen LogP contribution in [0.25, 0.3) is 0 Å². The fourth-order valence-corrected chi connectivity index (χ4v) is 11.8. The molecule has 9 aliphatic rings. The smallest absolute Gasteiger partial charge is 0.410 e. The van der Waals surface area contributed by atoms with Crippen molar-refractivity contribution in [3.05, 3.63) is 48.5 Å². The third-order valence-corrected chi connectivity index (χ3v) is 16.1. The van der Waals surface area contributed by atoms with E-state index in [0.717, 1.165) is 127 Å². The maximum atomic E-state index is 13.2. The Hall–Kier alpha value is -7.17. The second-order valence-corrected chi connectivity index (χ2v) is 26.1. The minimum absolute atomic E-state index is 0.0187. The topological polar surface area (TPSA) is 246 Å². The fraction of sp³-hybridized carbons (Fsp3) is 0.689. The van der Waals surface area contributed by atoms with E-state index in [4.69, 9.17) is 34.7 Å². The number of anilines is 4. The number of benzene rings is 2. The molecule has 0 unspecified atom stereocenters. The highest BCUT2D eigenvalue weighted by atomic mass is 16.6. The van der Waals surface area contributed by atoms with Crippen molar-refractivity contribution in [2.75, 3.05) is 164 Å². The predicted octanol–water partition coefficient (Wildman–Crippen LogP) is 6.07. The van der Waals surface area contributed by atoms with E-state index >= 15 is 0 Å². The summed E-state index contributed by atoms with van der Waals surface area (Å²) in [6.45, 7) is 32.5. The lowest BCUT2D eigenvalue weighted by Crippen LogP contribution is -2.42. The third-order valence-electron chi connectivity index (χ3n) is 16.1. The minimum Gasteiger partial charge on any atom is -0.444 e. The number of nitrogens with zero attached hydrogens (tertiary/aromatic N) is 12. The molecule has 3 N–H and O–H groups in total. The zero-order valence-corrected chi connectivity index (χ0v) is 52.2. The van der Waals surface area contributed by atoms with Crippen molar-refractivity contribution >= 4 is 59.1 Å². The first-order valence-electron chi connectivity index (χ1n) is 30.7. The van der Waals surface area contributed by atoms with Gasteiger partial charge in [-0.1, -0.05) is 12.1 Å². The zero-order chi connectivity index (χ0) is 61.9. The lowest BCUT2D eigenvalue weighted by molar-refractivity contribution is 0.0274. The summed E-state index contributed by atoms with van der Waals surface area (Å²) in [7, 11) is 0. The Labute approximate surface area is 508 Å². The van der Waals surface area contributed by atoms with Crippen LogP contribution in [-0.2, 0) is 23.7 Å². The Morgan fingerprint density at radius 3 is 1.29 bits per heavy atom. The summed E-state index contributed by atoms with van der Waals surface area (Å²) in [5.74, 6) is 0. The lowest BCUT2D eigenvalue weighted by Gasteiger charge is -2.30. The SMILES string of the molecule is CC(C)(C)OC(=O)N1CC[C@@H](N)C1.CC(C)(C)OC(=O)N1CC[C@@H](N2CCN(c3cccc(N4CCOCC4)c3)C2=O)C1.CC(C)(C)OC(=O)N1CC[C@@H](N2CCNC2=O)C1.N#CN1CC[C@@H](N2CCN(c3cccc(N4CCOCC4)c3)C2=O)C1. The number of likely N-dealkylation sites (tertiary alicyclic amines) is 4. The molecule has 9 heterocycles. The van der Waals surface area contributed by atoms with Gasteiger partial charge in [0.1, 0.15) is 16.8 Å². The molecule has 25 heteroatoms. The highest BCUT2D eigenvalue weighted by molar-refractivity contribution is 5.96. The standard InChI is InChI=1S/C22H32N4O4.C18H23N5O2.C12H21N3O3.C9H18N2O2/c1-22(2,3)30-21(28)24-8-7-19(16-24)26-10-9-25(20(26)27)18-6-4-5-17(15-18)23-11-13-29-14-12-23;19-14-20-5-4-17(13-20)23-7-6-22(18(23)24)16-3-1-2-15(12-16)21-8-10-25-11-9-21;1-12(2,3)18-11(17)14-6-4-9(8-14)15-7-5-13-10(15)16;1-9(2,3)13-8(12)11-5-4-7(10)6-11/h4-6,15,19H,7-14,16H2,1-3H3;1-3,12,17H,4-11,13H2;9H,4-8H2,1-3H3,(H,13,16);7H,4-6,10H2,1-3H3/t19-;17-;9-;7-/m1111/s1. The quantitative estimate of drug-likeness (QED) is 0.236. The maximum Gasteiger partial charge on any atom is 0.410 e. The number of morpholine rings is 2. The van der Waals surface area contributed by atoms with E-state index in [9.17, 15) is 28.8 Å². The van der Waals surface area contributed by atoms with E-state index < -0.39 is 16.8 Å². The van der Waals surface area contributed by atoms with E-state index in [1.54, 1.807) is 19.6 Å². The molecule has 2 aromatic rings. The second kappa shape index (κ2) is 28.6. The molecule has 0 bridgehead atoms. The number of ether oxygens (including phenoxy) is 5. The van der Waals surface area contributed by atoms with E-state index in [1.165, 1.54) is 0 Å². The monoisotopic (exact) mass is 1200 g/mol. The van der Waals surface area contributed by atoms with Crippen LogP contribution in [0.3, 0.4) is 0 Å². The van der Waals surface area contributed by atoms with Gasteiger partial charge in [0.15, 0.2) is 6.19 Å². The van der Waals surface area contributed by atoms with Crippen LogP contribution in [-0.4, -0.2) is 256 Å². The van der Waals surface area contributed by atoms with Crippen molar-refractivity contribution in [1.82, 2.24) is 39.6 Å². The number of carbonyl (C=O) groups excluding carboxylic acids is 6. The molecular formula is C61H94N14O11. The first kappa shape index (κ1) is 64.8. The highest BCUT2D eigenvalue weighted by Gasteiger charge is 2.42. The Balaban J connectivity index is 0.000000156. The van der Waals surface area contributed by atoms with Crippen LogP contribution < -0.4 is 30.7 Å². The van der Waals surface area contributed by atoms with Crippen molar-refractivity contribution in [1.29, 1.82) is 5.26 Å². The summed E-state index contributed by atoms with van der Waals surface area (Å²) in [4.78, 5) is 94.0. The average Bonchev–Trinajstić information content (AvgIpc) is 2.70. The molecule has 0 spiro atoms. The number of urea groups is 3. The lowest BCUT2D eigenvalue weighted by atomic mass is 10.2. The summed E-state index contributed by atoms with van der Waals surface area (Å²) in [5, 5.41) is 11.8. The molecule has 474 valence electrons. The van der Waals surface area contributed by atoms with Gasteiger partial charge in [-0.15, -0.1) is 0 Å². The van der Waals surface area contributed by atoms with Gasteiger partial charge in [0.25, 0.3) is 0 Å². The molecule has 9 saturated heterocycles. The van der Waals surface area contributed by atoms with Crippen LogP contribution in [0.1, 0.15) is 88.0 Å². The normalized spacial score (nSPS) is 23.6. The Bertz CT molecular complexity index is 2700. The first-order chi connectivity index (χ1) is 40.8. The number of nitriles is 1. The molecule has 2 aromatic carbocycles. The number of amides is 9. The molecule has 9 fully saturated rings. The van der Waals surface area contributed by atoms with Crippen molar-refractivity contribution in [2.24, 2.45) is 5.73 Å². The molecule has 25 nitrogen and oxygen atoms in total. The molecule has 0 saturated carbocycles. The molecule has 86 heavy (non-hydrogen) atoms. The summed E-state index contributed by atoms with van der Waals surface area (Å²) in [6.07, 6.45) is 4.71. The van der Waals surface area contributed by atoms with Crippen LogP contribution in [0.5, 0.6) is 0 Å². The molecule has 4 atom stereocenters. The van der Waals surface area contributed by atoms with Gasteiger partial charge in [-0.05, 0) is 124 Å². The van der Waals surface area contributed by atoms with E-state index in [1.807, 2.05) is 111 Å². The van der Waals surface area contributed by atoms with E-state index in [0.29, 0.717) is 65.4 Å². The number of hydrogen-bond donors (Lipinski definition) is 2. The second-order valence-electron chi connectivity index (χ2n) is 26.1. The average molecular weight is 1200 g/mol. The van der Waals surface area contributed by atoms with Crippen LogP contribution >= 0.6 is 0 Å². The van der Waals surface area contributed by atoms with Crippen molar-refractivity contribution < 1.29 is 52.5 Å². The molecule has 0 aromatic heterocycles. The van der Waals surface area contributed by atoms with Crippen LogP contribution in [0, 0.1) is 11.5 Å². The van der Waals surface area contributed by atoms with Crippen molar-refractivity contribution in [3.63, 3.8) is 0 Å². The Morgan fingerprint density at radius 1 is 0.512 bits per heavy atom. The van der Waals surface area contributed by atoms with Gasteiger partial charge in [-0.25, -0.2) is 28.8 Å². The zero-order valence-electron chi connectivity index (χ0n) is 52.2. The van der Waals surface area contributed by atoms with Crippen molar-refractivity contribution in [3.8, 4) is 6.19 Å². The minimum atomic E-state index is -0.513. The predicted molar refractivity (Wildman–Crippen MR) is 326 cm³/mol. The van der Waals surface area contributed by atoms with Gasteiger partial charge < -0.3 is 78.8 Å². The van der Waals surface area contributed by atoms with Gasteiger partial charge in [-0.3, -0.25) is 9.80 Å². The van der Waals surface area contributed by atoms with Gasteiger partial charge >= 0.3 is 36.4 Å². The maximum absolute atomic E-state index is 13.2. The third kappa shape index (κ3) is 17.7. The number of hydrogen-bond acceptors (Lipinski definition) is 16. The summed E-state index contributed by atoms with van der Waals surface area (Å²) >= 11 is 0. The largest absolute Gasteiger partial charge is 0.444 e.